The molecule has 3 rings (SSSR count). The molecule has 1 heterocycles. The van der Waals surface area contributed by atoms with E-state index in [1.807, 2.05) is 0 Å². The van der Waals surface area contributed by atoms with Crippen molar-refractivity contribution >= 4 is 23.4 Å². The van der Waals surface area contributed by atoms with E-state index in [0.29, 0.717) is 50.2 Å². The maximum Gasteiger partial charge on any atom is 0.256 e. The minimum absolute atomic E-state index is 0.0137. The zero-order valence-electron chi connectivity index (χ0n) is 13.4. The van der Waals surface area contributed by atoms with Gasteiger partial charge < -0.3 is 10.2 Å². The predicted octanol–water partition coefficient (Wildman–Crippen LogP) is 1.91. The van der Waals surface area contributed by atoms with Crippen LogP contribution in [0.4, 0.5) is 4.39 Å². The summed E-state index contributed by atoms with van der Waals surface area (Å²) in [5.41, 5.74) is 0.0137. The van der Waals surface area contributed by atoms with Crippen LogP contribution >= 0.6 is 11.6 Å². The number of hydrogen-bond donors (Lipinski definition) is 1. The number of hydrogen-bond acceptors (Lipinski definition) is 3. The van der Waals surface area contributed by atoms with Gasteiger partial charge in [-0.2, -0.15) is 0 Å². The molecule has 1 aliphatic carbocycles. The van der Waals surface area contributed by atoms with Crippen molar-refractivity contribution in [3.63, 3.8) is 0 Å². The molecule has 0 spiro atoms. The molecule has 1 N–H and O–H groups in total. The second kappa shape index (κ2) is 7.49. The third-order valence-electron chi connectivity index (χ3n) is 4.42. The van der Waals surface area contributed by atoms with Crippen LogP contribution in [0.25, 0.3) is 0 Å². The Balaban J connectivity index is 1.46. The maximum atomic E-state index is 13.8. The normalized spacial score (nSPS) is 18.5. The number of piperazine rings is 1. The number of carbonyl (C=O) groups is 2. The Morgan fingerprint density at radius 2 is 1.92 bits per heavy atom. The molecule has 130 valence electrons. The van der Waals surface area contributed by atoms with Gasteiger partial charge in [0, 0.05) is 50.2 Å². The van der Waals surface area contributed by atoms with Gasteiger partial charge in [-0.15, -0.1) is 0 Å². The quantitative estimate of drug-likeness (QED) is 0.879. The molecule has 1 saturated carbocycles. The Bertz CT molecular complexity index is 628. The summed E-state index contributed by atoms with van der Waals surface area (Å²) < 4.78 is 13.8. The van der Waals surface area contributed by atoms with Gasteiger partial charge in [-0.1, -0.05) is 11.6 Å². The molecule has 0 unspecified atom stereocenters. The van der Waals surface area contributed by atoms with E-state index in [0.717, 1.165) is 12.8 Å². The van der Waals surface area contributed by atoms with Crippen molar-refractivity contribution in [1.82, 2.24) is 15.1 Å². The van der Waals surface area contributed by atoms with E-state index in [1.54, 1.807) is 4.90 Å². The summed E-state index contributed by atoms with van der Waals surface area (Å²) in [4.78, 5) is 27.9. The van der Waals surface area contributed by atoms with Gasteiger partial charge in [0.05, 0.1) is 5.56 Å². The van der Waals surface area contributed by atoms with Crippen molar-refractivity contribution in [2.24, 2.45) is 0 Å². The lowest BCUT2D eigenvalue weighted by Crippen LogP contribution is -2.49. The van der Waals surface area contributed by atoms with E-state index in [-0.39, 0.29) is 17.4 Å². The summed E-state index contributed by atoms with van der Waals surface area (Å²) in [6.07, 6.45) is 2.66. The highest BCUT2D eigenvalue weighted by molar-refractivity contribution is 6.31. The number of rotatable bonds is 5. The highest BCUT2D eigenvalue weighted by atomic mass is 35.5. The minimum Gasteiger partial charge on any atom is -0.353 e. The van der Waals surface area contributed by atoms with Crippen LogP contribution in [0.15, 0.2) is 18.2 Å². The Kier molecular flexibility index (Phi) is 5.36. The van der Waals surface area contributed by atoms with E-state index >= 15 is 0 Å². The van der Waals surface area contributed by atoms with Crippen molar-refractivity contribution in [3.8, 4) is 0 Å². The lowest BCUT2D eigenvalue weighted by Gasteiger charge is -2.34. The van der Waals surface area contributed by atoms with Crippen molar-refractivity contribution < 1.29 is 14.0 Å². The molecule has 1 aromatic rings. The van der Waals surface area contributed by atoms with E-state index in [2.05, 4.69) is 10.2 Å². The summed E-state index contributed by atoms with van der Waals surface area (Å²) in [5, 5.41) is 3.32. The summed E-state index contributed by atoms with van der Waals surface area (Å²) in [6.45, 7) is 3.10. The second-order valence-corrected chi connectivity index (χ2v) is 6.79. The Labute approximate surface area is 145 Å². The van der Waals surface area contributed by atoms with Crippen LogP contribution in [-0.2, 0) is 4.79 Å². The van der Waals surface area contributed by atoms with E-state index in [9.17, 15) is 14.0 Å². The van der Waals surface area contributed by atoms with Gasteiger partial charge in [0.2, 0.25) is 5.91 Å². The number of nitrogens with one attached hydrogen (secondary N) is 1. The lowest BCUT2D eigenvalue weighted by atomic mass is 10.1. The SMILES string of the molecule is O=C(CCN1CCN(C(=O)c2cc(Cl)ccc2F)CC1)NC1CC1. The highest BCUT2D eigenvalue weighted by Crippen LogP contribution is 2.19. The van der Waals surface area contributed by atoms with E-state index in [4.69, 9.17) is 11.6 Å². The van der Waals surface area contributed by atoms with Crippen LogP contribution in [0.2, 0.25) is 5.02 Å². The molecular weight excluding hydrogens is 333 g/mol. The Morgan fingerprint density at radius 1 is 1.21 bits per heavy atom. The second-order valence-electron chi connectivity index (χ2n) is 6.35. The molecule has 2 amide bonds. The fourth-order valence-corrected chi connectivity index (χ4v) is 2.97. The number of benzene rings is 1. The van der Waals surface area contributed by atoms with Crippen LogP contribution in [0, 0.1) is 5.82 Å². The molecule has 24 heavy (non-hydrogen) atoms. The number of amides is 2. The first-order valence-corrected chi connectivity index (χ1v) is 8.67. The number of carbonyl (C=O) groups excluding carboxylic acids is 2. The first-order chi connectivity index (χ1) is 11.5. The highest BCUT2D eigenvalue weighted by Gasteiger charge is 2.26. The molecular formula is C17H21ClFN3O2. The summed E-state index contributed by atoms with van der Waals surface area (Å²) >= 11 is 5.85. The van der Waals surface area contributed by atoms with Gasteiger partial charge in [-0.3, -0.25) is 14.5 Å². The van der Waals surface area contributed by atoms with Crippen molar-refractivity contribution in [1.29, 1.82) is 0 Å². The topological polar surface area (TPSA) is 52.7 Å². The molecule has 1 aliphatic heterocycles. The molecule has 0 radical (unpaired) electrons. The fraction of sp³-hybridized carbons (Fsp3) is 0.529. The van der Waals surface area contributed by atoms with Crippen molar-refractivity contribution in [2.75, 3.05) is 32.7 Å². The van der Waals surface area contributed by atoms with Gasteiger partial charge in [-0.25, -0.2) is 4.39 Å². The van der Waals surface area contributed by atoms with Gasteiger partial charge in [0.15, 0.2) is 0 Å². The standard InChI is InChI=1S/C17H21ClFN3O2/c18-12-1-4-15(19)14(11-12)17(24)22-9-7-21(8-10-22)6-5-16(23)20-13-2-3-13/h1,4,11,13H,2-3,5-10H2,(H,20,23). The number of halogens is 2. The molecule has 0 bridgehead atoms. The van der Waals surface area contributed by atoms with Crippen LogP contribution < -0.4 is 5.32 Å². The molecule has 2 aliphatic rings. The van der Waals surface area contributed by atoms with Gasteiger partial charge in [0.25, 0.3) is 5.91 Å². The summed E-state index contributed by atoms with van der Waals surface area (Å²) in [6, 6.07) is 4.40. The predicted molar refractivity (Wildman–Crippen MR) is 89.5 cm³/mol. The van der Waals surface area contributed by atoms with Crippen LogP contribution in [0.1, 0.15) is 29.6 Å². The monoisotopic (exact) mass is 353 g/mol. The molecule has 2 fully saturated rings. The van der Waals surface area contributed by atoms with Crippen LogP contribution in [-0.4, -0.2) is 60.4 Å². The Morgan fingerprint density at radius 3 is 2.58 bits per heavy atom. The minimum atomic E-state index is -0.552. The molecule has 1 saturated heterocycles. The maximum absolute atomic E-state index is 13.8. The lowest BCUT2D eigenvalue weighted by molar-refractivity contribution is -0.121. The third kappa shape index (κ3) is 4.45. The zero-order chi connectivity index (χ0) is 17.1. The first-order valence-electron chi connectivity index (χ1n) is 8.29. The first kappa shape index (κ1) is 17.2. The average molecular weight is 354 g/mol. The molecule has 0 aromatic heterocycles. The van der Waals surface area contributed by atoms with Crippen molar-refractivity contribution in [2.45, 2.75) is 25.3 Å². The van der Waals surface area contributed by atoms with Gasteiger partial charge in [-0.05, 0) is 31.0 Å². The third-order valence-corrected chi connectivity index (χ3v) is 4.65. The van der Waals surface area contributed by atoms with Crippen LogP contribution in [0.5, 0.6) is 0 Å². The molecule has 0 atom stereocenters. The molecule has 1 aromatic carbocycles. The fourth-order valence-electron chi connectivity index (χ4n) is 2.79. The van der Waals surface area contributed by atoms with E-state index in [1.165, 1.54) is 18.2 Å². The van der Waals surface area contributed by atoms with Gasteiger partial charge in [0.1, 0.15) is 5.82 Å². The smallest absolute Gasteiger partial charge is 0.256 e. The Hall–Kier alpha value is -1.66. The largest absolute Gasteiger partial charge is 0.353 e. The van der Waals surface area contributed by atoms with Gasteiger partial charge >= 0.3 is 0 Å². The van der Waals surface area contributed by atoms with Crippen LogP contribution in [0.3, 0.4) is 0 Å². The molecule has 5 nitrogen and oxygen atoms in total. The zero-order valence-corrected chi connectivity index (χ0v) is 14.2. The summed E-state index contributed by atoms with van der Waals surface area (Å²) in [7, 11) is 0. The molecule has 7 heteroatoms. The summed E-state index contributed by atoms with van der Waals surface area (Å²) in [5.74, 6) is -0.790. The number of nitrogens with zero attached hydrogens (tertiary/aromatic N) is 2. The van der Waals surface area contributed by atoms with Crippen molar-refractivity contribution in [3.05, 3.63) is 34.6 Å². The van der Waals surface area contributed by atoms with E-state index < -0.39 is 5.82 Å². The average Bonchev–Trinajstić information content (AvgIpc) is 3.39.